The van der Waals surface area contributed by atoms with E-state index in [9.17, 15) is 21.6 Å². The third kappa shape index (κ3) is 5.37. The van der Waals surface area contributed by atoms with Crippen LogP contribution < -0.4 is 9.94 Å². The first-order chi connectivity index (χ1) is 16.9. The van der Waals surface area contributed by atoms with Crippen molar-refractivity contribution < 1.29 is 21.6 Å². The summed E-state index contributed by atoms with van der Waals surface area (Å²) in [5, 5.41) is 5.24. The molecule has 9 nitrogen and oxygen atoms in total. The van der Waals surface area contributed by atoms with Gasteiger partial charge in [-0.25, -0.2) is 22.0 Å². The number of primary sulfonamides is 1. The smallest absolute Gasteiger partial charge is 0.279 e. The summed E-state index contributed by atoms with van der Waals surface area (Å²) in [4.78, 5) is 17.6. The van der Waals surface area contributed by atoms with E-state index in [0.29, 0.717) is 34.7 Å². The molecular weight excluding hydrogens is 520 g/mol. The first-order valence-corrected chi connectivity index (χ1v) is 15.2. The molecule has 1 amide bonds. The van der Waals surface area contributed by atoms with E-state index in [1.807, 2.05) is 13.8 Å². The van der Waals surface area contributed by atoms with Gasteiger partial charge in [-0.3, -0.25) is 4.79 Å². The number of benzene rings is 2. The van der Waals surface area contributed by atoms with E-state index in [1.165, 1.54) is 40.7 Å². The molecule has 192 valence electrons. The van der Waals surface area contributed by atoms with E-state index in [2.05, 4.69) is 11.6 Å². The topological polar surface area (TPSA) is 132 Å². The van der Waals surface area contributed by atoms with Gasteiger partial charge < -0.3 is 4.57 Å². The van der Waals surface area contributed by atoms with Gasteiger partial charge in [0.1, 0.15) is 0 Å². The molecule has 0 radical (unpaired) electrons. The molecule has 1 aliphatic rings. The number of carbonyl (C=O) groups excluding carboxylic acids is 1. The fourth-order valence-electron chi connectivity index (χ4n) is 4.49. The van der Waals surface area contributed by atoms with Gasteiger partial charge in [-0.2, -0.15) is 9.30 Å². The van der Waals surface area contributed by atoms with Gasteiger partial charge in [-0.05, 0) is 60.7 Å². The Morgan fingerprint density at radius 3 is 2.28 bits per heavy atom. The van der Waals surface area contributed by atoms with Gasteiger partial charge in [-0.1, -0.05) is 31.3 Å². The van der Waals surface area contributed by atoms with Crippen LogP contribution in [0.2, 0.25) is 0 Å². The molecular formula is C24H28N4O5S3. The Labute approximate surface area is 214 Å². The average Bonchev–Trinajstić information content (AvgIpc) is 3.14. The Bertz CT molecular complexity index is 1590. The SMILES string of the molecule is C=CCn1c(=NC(=O)c2ccc(S(=O)(=O)N3C[C@H](C)C[C@@H](C)C3)cc2)sc2cc(S(N)(=O)=O)ccc21. The van der Waals surface area contributed by atoms with Crippen LogP contribution in [-0.2, 0) is 26.6 Å². The molecule has 1 aliphatic heterocycles. The Hall–Kier alpha value is -2.64. The number of allylic oxidation sites excluding steroid dienone is 1. The first kappa shape index (κ1) is 26.4. The van der Waals surface area contributed by atoms with Gasteiger partial charge in [0.15, 0.2) is 4.80 Å². The molecule has 1 fully saturated rings. The highest BCUT2D eigenvalue weighted by molar-refractivity contribution is 7.89. The lowest BCUT2D eigenvalue weighted by atomic mass is 9.94. The number of rotatable bonds is 6. The number of carbonyl (C=O) groups is 1. The van der Waals surface area contributed by atoms with Gasteiger partial charge in [0.05, 0.1) is 20.0 Å². The summed E-state index contributed by atoms with van der Waals surface area (Å²) in [6.07, 6.45) is 2.64. The monoisotopic (exact) mass is 548 g/mol. The first-order valence-electron chi connectivity index (χ1n) is 11.4. The average molecular weight is 549 g/mol. The third-order valence-electron chi connectivity index (χ3n) is 6.07. The van der Waals surface area contributed by atoms with Crippen molar-refractivity contribution >= 4 is 47.5 Å². The summed E-state index contributed by atoms with van der Waals surface area (Å²) in [5.41, 5.74) is 0.924. The van der Waals surface area contributed by atoms with Crippen LogP contribution in [0.15, 0.2) is 69.9 Å². The number of hydrogen-bond acceptors (Lipinski definition) is 6. The van der Waals surface area contributed by atoms with Crippen LogP contribution in [0.1, 0.15) is 30.6 Å². The van der Waals surface area contributed by atoms with E-state index in [1.54, 1.807) is 16.7 Å². The predicted octanol–water partition coefficient (Wildman–Crippen LogP) is 2.94. The van der Waals surface area contributed by atoms with E-state index >= 15 is 0 Å². The van der Waals surface area contributed by atoms with Crippen molar-refractivity contribution in [3.63, 3.8) is 0 Å². The molecule has 2 heterocycles. The number of amides is 1. The van der Waals surface area contributed by atoms with Crippen molar-refractivity contribution in [3.8, 4) is 0 Å². The van der Waals surface area contributed by atoms with Crippen molar-refractivity contribution in [2.75, 3.05) is 13.1 Å². The Kier molecular flexibility index (Phi) is 7.35. The highest BCUT2D eigenvalue weighted by Crippen LogP contribution is 2.27. The molecule has 0 spiro atoms. The van der Waals surface area contributed by atoms with Crippen molar-refractivity contribution in [3.05, 3.63) is 65.5 Å². The van der Waals surface area contributed by atoms with Crippen LogP contribution in [0.3, 0.4) is 0 Å². The number of nitrogens with zero attached hydrogens (tertiary/aromatic N) is 3. The van der Waals surface area contributed by atoms with Crippen LogP contribution in [0.4, 0.5) is 0 Å². The van der Waals surface area contributed by atoms with Gasteiger partial charge in [-0.15, -0.1) is 6.58 Å². The highest BCUT2D eigenvalue weighted by atomic mass is 32.2. The molecule has 0 unspecified atom stereocenters. The summed E-state index contributed by atoms with van der Waals surface area (Å²) in [6.45, 7) is 9.14. The molecule has 3 aromatic rings. The minimum atomic E-state index is -3.88. The second-order valence-electron chi connectivity index (χ2n) is 9.17. The second kappa shape index (κ2) is 10.0. The number of thiazole rings is 1. The fraction of sp³-hybridized carbons (Fsp3) is 0.333. The standard InChI is InChI=1S/C24H28N4O5S3/c1-4-11-28-21-10-9-20(35(25,30)31)13-22(21)34-24(28)26-23(29)18-5-7-19(8-6-18)36(32,33)27-14-16(2)12-17(3)15-27/h4-10,13,16-17H,1,11-12,14-15H2,2-3H3,(H2,25,30,31)/t16-,17-/m1/s1. The van der Waals surface area contributed by atoms with Crippen LogP contribution in [-0.4, -0.2) is 44.7 Å². The third-order valence-corrected chi connectivity index (χ3v) is 9.86. The molecule has 0 saturated carbocycles. The van der Waals surface area contributed by atoms with E-state index in [-0.39, 0.29) is 27.2 Å². The van der Waals surface area contributed by atoms with Gasteiger partial charge >= 0.3 is 0 Å². The quantitative estimate of drug-likeness (QED) is 0.473. The Balaban J connectivity index is 1.67. The van der Waals surface area contributed by atoms with Crippen LogP contribution in [0.25, 0.3) is 10.2 Å². The molecule has 2 atom stereocenters. The maximum absolute atomic E-state index is 13.1. The van der Waals surface area contributed by atoms with Crippen LogP contribution >= 0.6 is 11.3 Å². The molecule has 1 saturated heterocycles. The highest BCUT2D eigenvalue weighted by Gasteiger charge is 2.31. The predicted molar refractivity (Wildman–Crippen MR) is 139 cm³/mol. The number of sulfonamides is 2. The lowest BCUT2D eigenvalue weighted by Gasteiger charge is -2.34. The van der Waals surface area contributed by atoms with Crippen LogP contribution in [0.5, 0.6) is 0 Å². The van der Waals surface area contributed by atoms with E-state index < -0.39 is 26.0 Å². The summed E-state index contributed by atoms with van der Waals surface area (Å²) in [6, 6.07) is 10.2. The number of nitrogens with two attached hydrogens (primary N) is 1. The van der Waals surface area contributed by atoms with Crippen LogP contribution in [0, 0.1) is 11.8 Å². The molecule has 0 aliphatic carbocycles. The molecule has 1 aromatic heterocycles. The summed E-state index contributed by atoms with van der Waals surface area (Å²) < 4.78 is 53.5. The lowest BCUT2D eigenvalue weighted by Crippen LogP contribution is -2.42. The zero-order chi connectivity index (χ0) is 26.3. The lowest BCUT2D eigenvalue weighted by molar-refractivity contribution is 0.0997. The summed E-state index contributed by atoms with van der Waals surface area (Å²) in [7, 11) is -7.54. The van der Waals surface area contributed by atoms with Crippen molar-refractivity contribution in [1.29, 1.82) is 0 Å². The minimum Gasteiger partial charge on any atom is -0.312 e. The molecule has 4 rings (SSSR count). The molecule has 2 N–H and O–H groups in total. The Morgan fingerprint density at radius 2 is 1.69 bits per heavy atom. The molecule has 12 heteroatoms. The summed E-state index contributed by atoms with van der Waals surface area (Å²) >= 11 is 1.15. The van der Waals surface area contributed by atoms with Gasteiger partial charge in [0, 0.05) is 25.2 Å². The van der Waals surface area contributed by atoms with Crippen molar-refractivity contribution in [1.82, 2.24) is 8.87 Å². The van der Waals surface area contributed by atoms with E-state index in [0.717, 1.165) is 17.8 Å². The minimum absolute atomic E-state index is 0.0332. The number of hydrogen-bond donors (Lipinski definition) is 1. The number of fused-ring (bicyclic) bond motifs is 1. The molecule has 36 heavy (non-hydrogen) atoms. The van der Waals surface area contributed by atoms with Crippen molar-refractivity contribution in [2.24, 2.45) is 22.0 Å². The van der Waals surface area contributed by atoms with E-state index in [4.69, 9.17) is 5.14 Å². The maximum Gasteiger partial charge on any atom is 0.279 e. The molecule has 2 aromatic carbocycles. The van der Waals surface area contributed by atoms with Gasteiger partial charge in [0.2, 0.25) is 20.0 Å². The second-order valence-corrected chi connectivity index (χ2v) is 13.7. The number of aromatic nitrogens is 1. The summed E-state index contributed by atoms with van der Waals surface area (Å²) in [5.74, 6) is 0.0239. The zero-order valence-corrected chi connectivity index (χ0v) is 22.4. The maximum atomic E-state index is 13.1. The fourth-order valence-corrected chi connectivity index (χ4v) is 7.86. The van der Waals surface area contributed by atoms with Crippen molar-refractivity contribution in [2.45, 2.75) is 36.6 Å². The largest absolute Gasteiger partial charge is 0.312 e. The number of piperidine rings is 1. The Morgan fingerprint density at radius 1 is 1.08 bits per heavy atom. The zero-order valence-electron chi connectivity index (χ0n) is 20.0. The normalized spacial score (nSPS) is 20.0. The van der Waals surface area contributed by atoms with Gasteiger partial charge in [0.25, 0.3) is 5.91 Å². The molecule has 0 bridgehead atoms.